The number of anilines is 1. The first-order valence-corrected chi connectivity index (χ1v) is 6.17. The highest BCUT2D eigenvalue weighted by atomic mass is 19.2. The number of hydrogen-bond acceptors (Lipinski definition) is 2. The van der Waals surface area contributed by atoms with Crippen LogP contribution in [0, 0.1) is 23.3 Å². The molecule has 6 heteroatoms. The monoisotopic (exact) mass is 299 g/mol. The van der Waals surface area contributed by atoms with Crippen molar-refractivity contribution in [2.45, 2.75) is 13.0 Å². The molecule has 0 spiro atoms. The van der Waals surface area contributed by atoms with Gasteiger partial charge in [0.05, 0.1) is 18.8 Å². The van der Waals surface area contributed by atoms with E-state index in [0.717, 1.165) is 12.1 Å². The molecular weight excluding hydrogens is 286 g/mol. The Morgan fingerprint density at radius 1 is 0.952 bits per heavy atom. The Balaban J connectivity index is 2.26. The lowest BCUT2D eigenvalue weighted by molar-refractivity contribution is 0.410. The van der Waals surface area contributed by atoms with Gasteiger partial charge in [-0.05, 0) is 25.1 Å². The molecule has 2 aromatic carbocycles. The van der Waals surface area contributed by atoms with Gasteiger partial charge in [0.15, 0.2) is 17.5 Å². The molecule has 0 aliphatic heterocycles. The molecule has 2 rings (SSSR count). The summed E-state index contributed by atoms with van der Waals surface area (Å²) >= 11 is 0. The summed E-state index contributed by atoms with van der Waals surface area (Å²) in [5.41, 5.74) is 0.0107. The van der Waals surface area contributed by atoms with Gasteiger partial charge in [-0.1, -0.05) is 6.07 Å². The van der Waals surface area contributed by atoms with E-state index in [1.807, 2.05) is 0 Å². The number of hydrogen-bond donors (Lipinski definition) is 1. The average molecular weight is 299 g/mol. The van der Waals surface area contributed by atoms with Crippen molar-refractivity contribution in [3.63, 3.8) is 0 Å². The quantitative estimate of drug-likeness (QED) is 0.666. The zero-order chi connectivity index (χ0) is 15.6. The largest absolute Gasteiger partial charge is 0.497 e. The summed E-state index contributed by atoms with van der Waals surface area (Å²) in [4.78, 5) is 0. The Morgan fingerprint density at radius 2 is 1.67 bits per heavy atom. The number of nitrogens with one attached hydrogen (secondary N) is 1. The summed E-state index contributed by atoms with van der Waals surface area (Å²) in [6, 6.07) is 5.44. The minimum atomic E-state index is -1.57. The maximum atomic E-state index is 13.9. The van der Waals surface area contributed by atoms with Crippen LogP contribution >= 0.6 is 0 Å². The van der Waals surface area contributed by atoms with Crippen LogP contribution in [0.5, 0.6) is 5.75 Å². The lowest BCUT2D eigenvalue weighted by Gasteiger charge is -2.17. The van der Waals surface area contributed by atoms with Crippen LogP contribution in [0.2, 0.25) is 0 Å². The van der Waals surface area contributed by atoms with E-state index >= 15 is 0 Å². The molecule has 0 saturated heterocycles. The molecule has 0 amide bonds. The van der Waals surface area contributed by atoms with Crippen LogP contribution in [-0.2, 0) is 0 Å². The Bertz CT molecular complexity index is 660. The fourth-order valence-corrected chi connectivity index (χ4v) is 1.93. The molecule has 21 heavy (non-hydrogen) atoms. The first kappa shape index (κ1) is 15.2. The number of halogens is 4. The fourth-order valence-electron chi connectivity index (χ4n) is 1.93. The summed E-state index contributed by atoms with van der Waals surface area (Å²) in [6.07, 6.45) is 0. The fraction of sp³-hybridized carbons (Fsp3) is 0.200. The molecule has 0 saturated carbocycles. The Hall–Kier alpha value is -2.24. The van der Waals surface area contributed by atoms with Gasteiger partial charge in [-0.3, -0.25) is 0 Å². The number of ether oxygens (including phenoxy) is 1. The van der Waals surface area contributed by atoms with Gasteiger partial charge in [0, 0.05) is 11.6 Å². The highest BCUT2D eigenvalue weighted by molar-refractivity contribution is 5.48. The topological polar surface area (TPSA) is 21.3 Å². The predicted molar refractivity (Wildman–Crippen MR) is 71.3 cm³/mol. The van der Waals surface area contributed by atoms with Crippen molar-refractivity contribution in [1.82, 2.24) is 0 Å². The highest BCUT2D eigenvalue weighted by Crippen LogP contribution is 2.27. The molecule has 0 aliphatic rings. The van der Waals surface area contributed by atoms with E-state index < -0.39 is 29.3 Å². The lowest BCUT2D eigenvalue weighted by atomic mass is 10.1. The molecule has 0 heterocycles. The highest BCUT2D eigenvalue weighted by Gasteiger charge is 2.17. The molecule has 0 radical (unpaired) electrons. The lowest BCUT2D eigenvalue weighted by Crippen LogP contribution is -2.11. The van der Waals surface area contributed by atoms with Gasteiger partial charge >= 0.3 is 0 Å². The minimum Gasteiger partial charge on any atom is -0.497 e. The van der Waals surface area contributed by atoms with E-state index in [1.165, 1.54) is 19.2 Å². The van der Waals surface area contributed by atoms with Crippen molar-refractivity contribution >= 4 is 5.69 Å². The third kappa shape index (κ3) is 3.09. The van der Waals surface area contributed by atoms with Crippen LogP contribution in [0.1, 0.15) is 18.5 Å². The maximum absolute atomic E-state index is 13.9. The van der Waals surface area contributed by atoms with Crippen molar-refractivity contribution in [2.75, 3.05) is 12.4 Å². The van der Waals surface area contributed by atoms with E-state index in [2.05, 4.69) is 5.32 Å². The molecule has 1 unspecified atom stereocenters. The van der Waals surface area contributed by atoms with Crippen LogP contribution in [0.25, 0.3) is 0 Å². The molecule has 0 bridgehead atoms. The third-order valence-electron chi connectivity index (χ3n) is 3.08. The Morgan fingerprint density at radius 3 is 2.29 bits per heavy atom. The van der Waals surface area contributed by atoms with Crippen molar-refractivity contribution in [1.29, 1.82) is 0 Å². The van der Waals surface area contributed by atoms with Gasteiger partial charge in [-0.25, -0.2) is 17.6 Å². The summed E-state index contributed by atoms with van der Waals surface area (Å²) in [6.45, 7) is 1.57. The standard InChI is InChI=1S/C15H13F4NO/c1-8(10-4-3-9(21-2)7-12(10)17)20-13-6-5-11(16)14(18)15(13)19/h3-8,20H,1-2H3. The molecule has 2 aromatic rings. The second-order valence-corrected chi connectivity index (χ2v) is 4.48. The van der Waals surface area contributed by atoms with Crippen LogP contribution in [-0.4, -0.2) is 7.11 Å². The molecular formula is C15H13F4NO. The SMILES string of the molecule is COc1ccc(C(C)Nc2ccc(F)c(F)c2F)c(F)c1. The van der Waals surface area contributed by atoms with Crippen molar-refractivity contribution in [3.8, 4) is 5.75 Å². The first-order valence-electron chi connectivity index (χ1n) is 6.17. The zero-order valence-corrected chi connectivity index (χ0v) is 11.4. The van der Waals surface area contributed by atoms with Crippen molar-refractivity contribution in [2.24, 2.45) is 0 Å². The van der Waals surface area contributed by atoms with Gasteiger partial charge in [0.25, 0.3) is 0 Å². The second kappa shape index (κ2) is 6.03. The van der Waals surface area contributed by atoms with E-state index in [-0.39, 0.29) is 11.3 Å². The molecule has 112 valence electrons. The predicted octanol–water partition coefficient (Wildman–Crippen LogP) is 4.42. The maximum Gasteiger partial charge on any atom is 0.196 e. The molecule has 0 aromatic heterocycles. The summed E-state index contributed by atoms with van der Waals surface area (Å²) in [7, 11) is 1.41. The Labute approximate surface area is 119 Å². The summed E-state index contributed by atoms with van der Waals surface area (Å²) < 4.78 is 58.3. The summed E-state index contributed by atoms with van der Waals surface area (Å²) in [5, 5.41) is 2.61. The minimum absolute atomic E-state index is 0.239. The van der Waals surface area contributed by atoms with Crippen LogP contribution in [0.15, 0.2) is 30.3 Å². The van der Waals surface area contributed by atoms with Crippen LogP contribution in [0.4, 0.5) is 23.2 Å². The van der Waals surface area contributed by atoms with Gasteiger partial charge in [0.2, 0.25) is 0 Å². The average Bonchev–Trinajstić information content (AvgIpc) is 2.47. The van der Waals surface area contributed by atoms with Gasteiger partial charge in [0.1, 0.15) is 11.6 Å². The smallest absolute Gasteiger partial charge is 0.196 e. The number of benzene rings is 2. The molecule has 0 aliphatic carbocycles. The van der Waals surface area contributed by atoms with Crippen molar-refractivity contribution in [3.05, 3.63) is 59.2 Å². The van der Waals surface area contributed by atoms with Crippen LogP contribution < -0.4 is 10.1 Å². The van der Waals surface area contributed by atoms with E-state index in [1.54, 1.807) is 13.0 Å². The second-order valence-electron chi connectivity index (χ2n) is 4.48. The molecule has 0 fully saturated rings. The van der Waals surface area contributed by atoms with E-state index in [4.69, 9.17) is 4.74 Å². The summed E-state index contributed by atoms with van der Waals surface area (Å²) in [5.74, 6) is -4.38. The number of methoxy groups -OCH3 is 1. The number of rotatable bonds is 4. The van der Waals surface area contributed by atoms with Gasteiger partial charge in [-0.15, -0.1) is 0 Å². The molecule has 2 nitrogen and oxygen atoms in total. The molecule has 1 N–H and O–H groups in total. The normalized spacial score (nSPS) is 12.1. The Kier molecular flexibility index (Phi) is 4.35. The molecule has 1 atom stereocenters. The van der Waals surface area contributed by atoms with Crippen LogP contribution in [0.3, 0.4) is 0 Å². The van der Waals surface area contributed by atoms with Gasteiger partial charge in [-0.2, -0.15) is 0 Å². The first-order chi connectivity index (χ1) is 9.93. The van der Waals surface area contributed by atoms with Gasteiger partial charge < -0.3 is 10.1 Å². The third-order valence-corrected chi connectivity index (χ3v) is 3.08. The van der Waals surface area contributed by atoms with E-state index in [0.29, 0.717) is 5.75 Å². The zero-order valence-electron chi connectivity index (χ0n) is 11.4. The van der Waals surface area contributed by atoms with Crippen molar-refractivity contribution < 1.29 is 22.3 Å². The van der Waals surface area contributed by atoms with E-state index in [9.17, 15) is 17.6 Å².